The van der Waals surface area contributed by atoms with Crippen molar-refractivity contribution in [2.24, 2.45) is 0 Å². The molecule has 0 saturated carbocycles. The summed E-state index contributed by atoms with van der Waals surface area (Å²) in [6, 6.07) is 6.09. The minimum Gasteiger partial charge on any atom is -0.406 e. The first kappa shape index (κ1) is 18.3. The van der Waals surface area contributed by atoms with E-state index in [0.717, 1.165) is 23.9 Å². The monoisotopic (exact) mass is 354 g/mol. The molecular formula is C18H22BF3O3. The van der Waals surface area contributed by atoms with Gasteiger partial charge in [0.15, 0.2) is 0 Å². The highest BCUT2D eigenvalue weighted by Crippen LogP contribution is 2.43. The molecule has 1 saturated heterocycles. The Hall–Kier alpha value is -1.47. The number of benzene rings is 1. The van der Waals surface area contributed by atoms with E-state index in [1.54, 1.807) is 12.1 Å². The van der Waals surface area contributed by atoms with Crippen LogP contribution in [0.25, 0.3) is 0 Å². The van der Waals surface area contributed by atoms with Gasteiger partial charge >= 0.3 is 13.5 Å². The van der Waals surface area contributed by atoms with Crippen molar-refractivity contribution in [3.05, 3.63) is 41.4 Å². The summed E-state index contributed by atoms with van der Waals surface area (Å²) in [5.41, 5.74) is 1.32. The summed E-state index contributed by atoms with van der Waals surface area (Å²) in [6.45, 7) is 8.05. The fourth-order valence-electron chi connectivity index (χ4n) is 3.13. The molecule has 25 heavy (non-hydrogen) atoms. The van der Waals surface area contributed by atoms with E-state index in [-0.39, 0.29) is 30.0 Å². The van der Waals surface area contributed by atoms with Crippen LogP contribution in [0.5, 0.6) is 5.75 Å². The van der Waals surface area contributed by atoms with Crippen molar-refractivity contribution >= 4 is 7.12 Å². The summed E-state index contributed by atoms with van der Waals surface area (Å²) in [6.07, 6.45) is -0.956. The molecule has 7 heteroatoms. The topological polar surface area (TPSA) is 27.7 Å². The van der Waals surface area contributed by atoms with Crippen LogP contribution in [0.4, 0.5) is 13.2 Å². The highest BCUT2D eigenvalue weighted by atomic mass is 19.4. The van der Waals surface area contributed by atoms with Crippen molar-refractivity contribution in [3.8, 4) is 5.75 Å². The molecule has 1 aromatic rings. The largest absolute Gasteiger partial charge is 0.573 e. The van der Waals surface area contributed by atoms with Gasteiger partial charge in [-0.1, -0.05) is 18.2 Å². The lowest BCUT2D eigenvalue weighted by molar-refractivity contribution is -0.274. The van der Waals surface area contributed by atoms with E-state index < -0.39 is 6.36 Å². The average Bonchev–Trinajstić information content (AvgIpc) is 3.01. The maximum absolute atomic E-state index is 12.2. The van der Waals surface area contributed by atoms with Gasteiger partial charge < -0.3 is 14.0 Å². The van der Waals surface area contributed by atoms with E-state index >= 15 is 0 Å². The third-order valence-corrected chi connectivity index (χ3v) is 5.29. The molecule has 0 spiro atoms. The smallest absolute Gasteiger partial charge is 0.406 e. The number of halogens is 3. The van der Waals surface area contributed by atoms with Gasteiger partial charge in [0.25, 0.3) is 0 Å². The van der Waals surface area contributed by atoms with Gasteiger partial charge in [0.1, 0.15) is 5.75 Å². The van der Waals surface area contributed by atoms with Gasteiger partial charge in [0.05, 0.1) is 11.2 Å². The fourth-order valence-corrected chi connectivity index (χ4v) is 3.13. The van der Waals surface area contributed by atoms with E-state index in [1.165, 1.54) is 12.1 Å². The van der Waals surface area contributed by atoms with Crippen molar-refractivity contribution in [2.75, 3.05) is 0 Å². The molecule has 0 bridgehead atoms. The number of ether oxygens (including phenoxy) is 1. The van der Waals surface area contributed by atoms with Crippen LogP contribution >= 0.6 is 0 Å². The highest BCUT2D eigenvalue weighted by Gasteiger charge is 2.52. The van der Waals surface area contributed by atoms with E-state index in [9.17, 15) is 13.2 Å². The Balaban J connectivity index is 1.63. The standard InChI is InChI=1S/C18H22BF3O3/c1-16(2)17(3,4)25-19(24-16)14-8-5-13(11-14)12-6-9-15(10-7-12)23-18(20,21)22/h6-10,13H,5,11H2,1-4H3. The Bertz CT molecular complexity index is 649. The Morgan fingerprint density at radius 1 is 1.04 bits per heavy atom. The Morgan fingerprint density at radius 3 is 2.12 bits per heavy atom. The first-order valence-electron chi connectivity index (χ1n) is 8.37. The summed E-state index contributed by atoms with van der Waals surface area (Å²) in [5.74, 6) is 0.0161. The van der Waals surface area contributed by atoms with Gasteiger partial charge in [-0.25, -0.2) is 0 Å². The molecule has 0 aromatic heterocycles. The maximum Gasteiger partial charge on any atom is 0.573 e. The van der Waals surface area contributed by atoms with Crippen molar-refractivity contribution in [3.63, 3.8) is 0 Å². The number of alkyl halides is 3. The second-order valence-electron chi connectivity index (χ2n) is 7.62. The van der Waals surface area contributed by atoms with Crippen LogP contribution in [0, 0.1) is 0 Å². The molecular weight excluding hydrogens is 332 g/mol. The third-order valence-electron chi connectivity index (χ3n) is 5.29. The molecule has 3 nitrogen and oxygen atoms in total. The number of hydrogen-bond acceptors (Lipinski definition) is 3. The SMILES string of the molecule is CC1(C)OB(C2=CCC(c3ccc(OC(F)(F)F)cc3)C2)OC1(C)C. The zero-order valence-corrected chi connectivity index (χ0v) is 14.8. The van der Waals surface area contributed by atoms with Crippen LogP contribution in [-0.4, -0.2) is 24.7 Å². The summed E-state index contributed by atoms with van der Waals surface area (Å²) in [7, 11) is -0.358. The number of allylic oxidation sites excluding steroid dienone is 2. The lowest BCUT2D eigenvalue weighted by atomic mass is 9.76. The quantitative estimate of drug-likeness (QED) is 0.714. The van der Waals surface area contributed by atoms with Gasteiger partial charge in [-0.2, -0.15) is 0 Å². The van der Waals surface area contributed by atoms with Crippen molar-refractivity contribution < 1.29 is 27.2 Å². The molecule has 1 aliphatic carbocycles. The van der Waals surface area contributed by atoms with Crippen LogP contribution in [-0.2, 0) is 9.31 Å². The summed E-state index contributed by atoms with van der Waals surface area (Å²) in [5, 5.41) is 0. The molecule has 1 aromatic carbocycles. The molecule has 1 aliphatic heterocycles. The van der Waals surface area contributed by atoms with Crippen LogP contribution in [0.15, 0.2) is 35.8 Å². The zero-order valence-electron chi connectivity index (χ0n) is 14.8. The average molecular weight is 354 g/mol. The molecule has 136 valence electrons. The van der Waals surface area contributed by atoms with Crippen molar-refractivity contribution in [1.29, 1.82) is 0 Å². The van der Waals surface area contributed by atoms with E-state index in [0.29, 0.717) is 0 Å². The van der Waals surface area contributed by atoms with Crippen LogP contribution in [0.2, 0.25) is 0 Å². The van der Waals surface area contributed by atoms with Crippen LogP contribution in [0.3, 0.4) is 0 Å². The van der Waals surface area contributed by atoms with Gasteiger partial charge in [-0.05, 0) is 69.6 Å². The van der Waals surface area contributed by atoms with Gasteiger partial charge in [0.2, 0.25) is 0 Å². The summed E-state index contributed by atoms with van der Waals surface area (Å²) in [4.78, 5) is 0. The number of hydrogen-bond donors (Lipinski definition) is 0. The Labute approximate surface area is 146 Å². The lowest BCUT2D eigenvalue weighted by Crippen LogP contribution is -2.41. The number of rotatable bonds is 3. The first-order chi connectivity index (χ1) is 11.5. The fraction of sp³-hybridized carbons (Fsp3) is 0.556. The van der Waals surface area contributed by atoms with Gasteiger partial charge in [-0.15, -0.1) is 13.2 Å². The molecule has 0 radical (unpaired) electrons. The molecule has 1 fully saturated rings. The predicted molar refractivity (Wildman–Crippen MR) is 89.3 cm³/mol. The molecule has 1 heterocycles. The Kier molecular flexibility index (Phi) is 4.44. The van der Waals surface area contributed by atoms with E-state index in [4.69, 9.17) is 9.31 Å². The Morgan fingerprint density at radius 2 is 1.60 bits per heavy atom. The maximum atomic E-state index is 12.2. The van der Waals surface area contributed by atoms with Crippen molar-refractivity contribution in [2.45, 2.75) is 64.0 Å². The minimum absolute atomic E-state index is 0.201. The summed E-state index contributed by atoms with van der Waals surface area (Å²) < 4.78 is 52.8. The van der Waals surface area contributed by atoms with Gasteiger partial charge in [-0.3, -0.25) is 0 Å². The molecule has 3 rings (SSSR count). The first-order valence-corrected chi connectivity index (χ1v) is 8.37. The summed E-state index contributed by atoms with van der Waals surface area (Å²) >= 11 is 0. The predicted octanol–water partition coefficient (Wildman–Crippen LogP) is 5.02. The zero-order chi connectivity index (χ0) is 18.5. The molecule has 0 N–H and O–H groups in total. The molecule has 2 aliphatic rings. The minimum atomic E-state index is -4.67. The van der Waals surface area contributed by atoms with E-state index in [1.807, 2.05) is 27.7 Å². The molecule has 0 amide bonds. The third kappa shape index (κ3) is 3.87. The second kappa shape index (κ2) is 6.06. The van der Waals surface area contributed by atoms with E-state index in [2.05, 4.69) is 10.8 Å². The molecule has 1 atom stereocenters. The van der Waals surface area contributed by atoms with Gasteiger partial charge in [0, 0.05) is 0 Å². The highest BCUT2D eigenvalue weighted by molar-refractivity contribution is 6.54. The van der Waals surface area contributed by atoms with Crippen LogP contribution in [0.1, 0.15) is 52.0 Å². The van der Waals surface area contributed by atoms with Crippen LogP contribution < -0.4 is 4.74 Å². The lowest BCUT2D eigenvalue weighted by Gasteiger charge is -2.32. The second-order valence-corrected chi connectivity index (χ2v) is 7.62. The van der Waals surface area contributed by atoms with Crippen molar-refractivity contribution in [1.82, 2.24) is 0 Å². The normalized spacial score (nSPS) is 25.2. The molecule has 1 unspecified atom stereocenters.